The van der Waals surface area contributed by atoms with E-state index in [1.54, 1.807) is 0 Å². The standard InChI is InChI=1S/C17H24BrN/c1-11-4-3-5-16(12(11)2)19-17-9-6-13-10-14(18)7-8-15(13)17/h7-8,10-12,16-17,19H,3-6,9H2,1-2H3. The molecule has 0 heterocycles. The van der Waals surface area contributed by atoms with Crippen molar-refractivity contribution < 1.29 is 0 Å². The van der Waals surface area contributed by atoms with Crippen molar-refractivity contribution in [2.45, 2.75) is 58.0 Å². The first-order valence-corrected chi connectivity index (χ1v) is 8.49. The number of aryl methyl sites for hydroxylation is 1. The minimum Gasteiger partial charge on any atom is -0.307 e. The van der Waals surface area contributed by atoms with E-state index in [1.165, 1.54) is 47.7 Å². The summed E-state index contributed by atoms with van der Waals surface area (Å²) in [6.45, 7) is 4.84. The third kappa shape index (κ3) is 2.75. The number of benzene rings is 1. The van der Waals surface area contributed by atoms with Crippen LogP contribution < -0.4 is 5.32 Å². The first-order valence-electron chi connectivity index (χ1n) is 7.69. The van der Waals surface area contributed by atoms with E-state index in [9.17, 15) is 0 Å². The van der Waals surface area contributed by atoms with E-state index in [2.05, 4.69) is 53.3 Å². The molecule has 0 saturated heterocycles. The fraction of sp³-hybridized carbons (Fsp3) is 0.647. The predicted molar refractivity (Wildman–Crippen MR) is 84.3 cm³/mol. The molecule has 1 aromatic carbocycles. The zero-order chi connectivity index (χ0) is 13.4. The molecule has 19 heavy (non-hydrogen) atoms. The number of nitrogens with one attached hydrogen (secondary N) is 1. The number of halogens is 1. The molecular weight excluding hydrogens is 298 g/mol. The Morgan fingerprint density at radius 1 is 1.16 bits per heavy atom. The van der Waals surface area contributed by atoms with E-state index < -0.39 is 0 Å². The van der Waals surface area contributed by atoms with Crippen LogP contribution in [-0.2, 0) is 6.42 Å². The van der Waals surface area contributed by atoms with Gasteiger partial charge in [-0.3, -0.25) is 0 Å². The van der Waals surface area contributed by atoms with Gasteiger partial charge in [0.2, 0.25) is 0 Å². The van der Waals surface area contributed by atoms with Gasteiger partial charge in [0, 0.05) is 16.6 Å². The molecule has 4 unspecified atom stereocenters. The van der Waals surface area contributed by atoms with Crippen molar-refractivity contribution in [3.05, 3.63) is 33.8 Å². The fourth-order valence-electron chi connectivity index (χ4n) is 3.83. The average molecular weight is 322 g/mol. The molecule has 0 aliphatic heterocycles. The highest BCUT2D eigenvalue weighted by molar-refractivity contribution is 9.10. The smallest absolute Gasteiger partial charge is 0.0328 e. The topological polar surface area (TPSA) is 12.0 Å². The summed E-state index contributed by atoms with van der Waals surface area (Å²) in [5, 5.41) is 3.96. The Morgan fingerprint density at radius 3 is 2.84 bits per heavy atom. The van der Waals surface area contributed by atoms with Gasteiger partial charge in [-0.15, -0.1) is 0 Å². The van der Waals surface area contributed by atoms with Crippen LogP contribution in [0.15, 0.2) is 22.7 Å². The quantitative estimate of drug-likeness (QED) is 0.821. The second-order valence-corrected chi connectivity index (χ2v) is 7.39. The van der Waals surface area contributed by atoms with Crippen LogP contribution in [0.4, 0.5) is 0 Å². The monoisotopic (exact) mass is 321 g/mol. The molecule has 3 rings (SSSR count). The summed E-state index contributed by atoms with van der Waals surface area (Å²) in [7, 11) is 0. The second-order valence-electron chi connectivity index (χ2n) is 6.47. The SMILES string of the molecule is CC1CCCC(NC2CCc3cc(Br)ccc32)C1C. The van der Waals surface area contributed by atoms with Crippen LogP contribution in [0.25, 0.3) is 0 Å². The van der Waals surface area contributed by atoms with Gasteiger partial charge in [-0.25, -0.2) is 0 Å². The van der Waals surface area contributed by atoms with Crippen molar-refractivity contribution in [2.75, 3.05) is 0 Å². The van der Waals surface area contributed by atoms with Gasteiger partial charge in [0.25, 0.3) is 0 Å². The molecule has 1 nitrogen and oxygen atoms in total. The number of fused-ring (bicyclic) bond motifs is 1. The molecule has 1 saturated carbocycles. The molecule has 2 heteroatoms. The van der Waals surface area contributed by atoms with Gasteiger partial charge < -0.3 is 5.32 Å². The van der Waals surface area contributed by atoms with Gasteiger partial charge in [0.15, 0.2) is 0 Å². The van der Waals surface area contributed by atoms with Crippen molar-refractivity contribution in [3.8, 4) is 0 Å². The maximum Gasteiger partial charge on any atom is 0.0328 e. The average Bonchev–Trinajstić information content (AvgIpc) is 2.77. The van der Waals surface area contributed by atoms with E-state index >= 15 is 0 Å². The molecule has 104 valence electrons. The third-order valence-electron chi connectivity index (χ3n) is 5.30. The van der Waals surface area contributed by atoms with Gasteiger partial charge in [0.05, 0.1) is 0 Å². The van der Waals surface area contributed by atoms with E-state index in [1.807, 2.05) is 0 Å². The molecule has 1 N–H and O–H groups in total. The van der Waals surface area contributed by atoms with E-state index in [0.29, 0.717) is 12.1 Å². The highest BCUT2D eigenvalue weighted by Gasteiger charge is 2.31. The van der Waals surface area contributed by atoms with Crippen molar-refractivity contribution in [1.29, 1.82) is 0 Å². The van der Waals surface area contributed by atoms with Gasteiger partial charge in [-0.2, -0.15) is 0 Å². The lowest BCUT2D eigenvalue weighted by atomic mass is 9.77. The van der Waals surface area contributed by atoms with Crippen LogP contribution in [0.3, 0.4) is 0 Å². The normalized spacial score (nSPS) is 34.3. The number of rotatable bonds is 2. The molecule has 4 atom stereocenters. The Hall–Kier alpha value is -0.340. The molecule has 0 amide bonds. The lowest BCUT2D eigenvalue weighted by molar-refractivity contribution is 0.193. The minimum atomic E-state index is 0.584. The van der Waals surface area contributed by atoms with Crippen LogP contribution >= 0.6 is 15.9 Å². The molecule has 2 aliphatic rings. The Balaban J connectivity index is 1.72. The van der Waals surface area contributed by atoms with Crippen molar-refractivity contribution in [1.82, 2.24) is 5.32 Å². The second kappa shape index (κ2) is 5.57. The van der Waals surface area contributed by atoms with Crippen molar-refractivity contribution in [2.24, 2.45) is 11.8 Å². The van der Waals surface area contributed by atoms with E-state index in [4.69, 9.17) is 0 Å². The molecule has 0 aromatic heterocycles. The highest BCUT2D eigenvalue weighted by atomic mass is 79.9. The van der Waals surface area contributed by atoms with Crippen LogP contribution in [0.5, 0.6) is 0 Å². The first kappa shape index (κ1) is 13.6. The third-order valence-corrected chi connectivity index (χ3v) is 5.80. The lowest BCUT2D eigenvalue weighted by Crippen LogP contribution is -2.41. The van der Waals surface area contributed by atoms with Gasteiger partial charge in [0.1, 0.15) is 0 Å². The molecule has 0 radical (unpaired) electrons. The minimum absolute atomic E-state index is 0.584. The molecule has 0 spiro atoms. The van der Waals surface area contributed by atoms with Crippen LogP contribution in [0, 0.1) is 11.8 Å². The Morgan fingerprint density at radius 2 is 2.00 bits per heavy atom. The van der Waals surface area contributed by atoms with Crippen molar-refractivity contribution >= 4 is 15.9 Å². The first-order chi connectivity index (χ1) is 9.15. The van der Waals surface area contributed by atoms with Crippen LogP contribution in [0.1, 0.15) is 56.7 Å². The Bertz CT molecular complexity index is 457. The zero-order valence-corrected chi connectivity index (χ0v) is 13.5. The predicted octanol–water partition coefficient (Wildman–Crippen LogP) is 4.85. The van der Waals surface area contributed by atoms with Gasteiger partial charge in [-0.1, -0.05) is 48.7 Å². The van der Waals surface area contributed by atoms with Crippen molar-refractivity contribution in [3.63, 3.8) is 0 Å². The van der Waals surface area contributed by atoms with Crippen LogP contribution in [-0.4, -0.2) is 6.04 Å². The van der Waals surface area contributed by atoms with E-state index in [-0.39, 0.29) is 0 Å². The summed E-state index contributed by atoms with van der Waals surface area (Å²) in [6.07, 6.45) is 6.65. The summed E-state index contributed by atoms with van der Waals surface area (Å²) >= 11 is 3.58. The summed E-state index contributed by atoms with van der Waals surface area (Å²) in [5.41, 5.74) is 3.07. The largest absolute Gasteiger partial charge is 0.307 e. The Kier molecular flexibility index (Phi) is 4.00. The van der Waals surface area contributed by atoms with Gasteiger partial charge in [-0.05, 0) is 54.4 Å². The summed E-state index contributed by atoms with van der Waals surface area (Å²) in [6, 6.07) is 8.08. The summed E-state index contributed by atoms with van der Waals surface area (Å²) < 4.78 is 1.21. The summed E-state index contributed by atoms with van der Waals surface area (Å²) in [4.78, 5) is 0. The molecule has 1 aromatic rings. The molecular formula is C17H24BrN. The molecule has 0 bridgehead atoms. The zero-order valence-electron chi connectivity index (χ0n) is 12.0. The lowest BCUT2D eigenvalue weighted by Gasteiger charge is -2.36. The molecule has 2 aliphatic carbocycles. The van der Waals surface area contributed by atoms with E-state index in [0.717, 1.165) is 11.8 Å². The number of hydrogen-bond acceptors (Lipinski definition) is 1. The Labute approximate surface area is 125 Å². The molecule has 1 fully saturated rings. The maximum absolute atomic E-state index is 3.96. The maximum atomic E-state index is 3.96. The number of hydrogen-bond donors (Lipinski definition) is 1. The van der Waals surface area contributed by atoms with Gasteiger partial charge >= 0.3 is 0 Å². The van der Waals surface area contributed by atoms with Crippen LogP contribution in [0.2, 0.25) is 0 Å². The highest BCUT2D eigenvalue weighted by Crippen LogP contribution is 2.36. The summed E-state index contributed by atoms with van der Waals surface area (Å²) in [5.74, 6) is 1.69. The fourth-order valence-corrected chi connectivity index (χ4v) is 4.24.